The number of amides is 1. The van der Waals surface area contributed by atoms with E-state index in [2.05, 4.69) is 10.2 Å². The van der Waals surface area contributed by atoms with Crippen molar-refractivity contribution in [3.63, 3.8) is 0 Å². The number of piperazine rings is 1. The lowest BCUT2D eigenvalue weighted by Crippen LogP contribution is -2.52. The SMILES string of the molecule is Cc1cc(F)ccc1C(=O)N1CCN(C2CCNC2)CC1. The molecule has 2 fully saturated rings. The van der Waals surface area contributed by atoms with E-state index in [1.165, 1.54) is 18.6 Å². The van der Waals surface area contributed by atoms with Crippen LogP contribution < -0.4 is 5.32 Å². The summed E-state index contributed by atoms with van der Waals surface area (Å²) in [6.07, 6.45) is 1.20. The predicted molar refractivity (Wildman–Crippen MR) is 79.9 cm³/mol. The van der Waals surface area contributed by atoms with Crippen LogP contribution in [-0.4, -0.2) is 61.0 Å². The number of aryl methyl sites for hydroxylation is 1. The quantitative estimate of drug-likeness (QED) is 0.891. The molecule has 4 nitrogen and oxygen atoms in total. The molecule has 1 unspecified atom stereocenters. The summed E-state index contributed by atoms with van der Waals surface area (Å²) in [5.74, 6) is -0.265. The molecule has 1 N–H and O–H groups in total. The molecule has 0 radical (unpaired) electrons. The highest BCUT2D eigenvalue weighted by molar-refractivity contribution is 5.95. The number of carbonyl (C=O) groups is 1. The van der Waals surface area contributed by atoms with Crippen LogP contribution >= 0.6 is 0 Å². The van der Waals surface area contributed by atoms with Crippen molar-refractivity contribution in [1.82, 2.24) is 15.1 Å². The molecule has 114 valence electrons. The molecule has 1 aromatic carbocycles. The number of hydrogen-bond acceptors (Lipinski definition) is 3. The molecule has 1 aromatic rings. The van der Waals surface area contributed by atoms with Gasteiger partial charge in [-0.25, -0.2) is 4.39 Å². The van der Waals surface area contributed by atoms with Crippen LogP contribution in [0.2, 0.25) is 0 Å². The Kier molecular flexibility index (Phi) is 4.22. The number of nitrogens with one attached hydrogen (secondary N) is 1. The molecule has 0 bridgehead atoms. The maximum absolute atomic E-state index is 13.1. The lowest BCUT2D eigenvalue weighted by Gasteiger charge is -2.38. The smallest absolute Gasteiger partial charge is 0.254 e. The third kappa shape index (κ3) is 3.09. The van der Waals surface area contributed by atoms with Crippen molar-refractivity contribution in [3.8, 4) is 0 Å². The van der Waals surface area contributed by atoms with Crippen LogP contribution in [0.1, 0.15) is 22.3 Å². The third-order valence-corrected chi connectivity index (χ3v) is 4.57. The minimum Gasteiger partial charge on any atom is -0.336 e. The fraction of sp³-hybridized carbons (Fsp3) is 0.562. The van der Waals surface area contributed by atoms with E-state index in [1.807, 2.05) is 4.90 Å². The molecule has 1 atom stereocenters. The van der Waals surface area contributed by atoms with Crippen molar-refractivity contribution < 1.29 is 9.18 Å². The van der Waals surface area contributed by atoms with Gasteiger partial charge in [-0.15, -0.1) is 0 Å². The van der Waals surface area contributed by atoms with Gasteiger partial charge in [0.1, 0.15) is 5.82 Å². The first-order valence-corrected chi connectivity index (χ1v) is 7.65. The highest BCUT2D eigenvalue weighted by atomic mass is 19.1. The van der Waals surface area contributed by atoms with E-state index in [-0.39, 0.29) is 11.7 Å². The highest BCUT2D eigenvalue weighted by Crippen LogP contribution is 2.16. The van der Waals surface area contributed by atoms with E-state index in [4.69, 9.17) is 0 Å². The molecular weight excluding hydrogens is 269 g/mol. The maximum atomic E-state index is 13.1. The van der Waals surface area contributed by atoms with Gasteiger partial charge in [-0.2, -0.15) is 0 Å². The molecule has 5 heteroatoms. The van der Waals surface area contributed by atoms with Crippen molar-refractivity contribution in [1.29, 1.82) is 0 Å². The Morgan fingerprint density at radius 2 is 2.05 bits per heavy atom. The zero-order chi connectivity index (χ0) is 14.8. The minimum atomic E-state index is -0.289. The molecule has 2 saturated heterocycles. The van der Waals surface area contributed by atoms with Gasteiger partial charge >= 0.3 is 0 Å². The topological polar surface area (TPSA) is 35.6 Å². The van der Waals surface area contributed by atoms with Gasteiger partial charge in [0.05, 0.1) is 0 Å². The standard InChI is InChI=1S/C16H22FN3O/c1-12-10-13(17)2-3-15(12)16(21)20-8-6-19(7-9-20)14-4-5-18-11-14/h2-3,10,14,18H,4-9,11H2,1H3. The van der Waals surface area contributed by atoms with Crippen molar-refractivity contribution >= 4 is 5.91 Å². The van der Waals surface area contributed by atoms with E-state index in [0.29, 0.717) is 17.2 Å². The second-order valence-corrected chi connectivity index (χ2v) is 5.93. The molecule has 0 saturated carbocycles. The van der Waals surface area contributed by atoms with Crippen LogP contribution in [0.5, 0.6) is 0 Å². The van der Waals surface area contributed by atoms with Gasteiger partial charge < -0.3 is 10.2 Å². The van der Waals surface area contributed by atoms with E-state index in [0.717, 1.165) is 39.3 Å². The van der Waals surface area contributed by atoms with Crippen LogP contribution in [0.15, 0.2) is 18.2 Å². The van der Waals surface area contributed by atoms with Crippen molar-refractivity contribution in [2.24, 2.45) is 0 Å². The van der Waals surface area contributed by atoms with Gasteiger partial charge in [-0.05, 0) is 43.7 Å². The van der Waals surface area contributed by atoms with Crippen LogP contribution in [0.3, 0.4) is 0 Å². The molecule has 3 rings (SSSR count). The summed E-state index contributed by atoms with van der Waals surface area (Å²) >= 11 is 0. The summed E-state index contributed by atoms with van der Waals surface area (Å²) in [7, 11) is 0. The number of benzene rings is 1. The number of hydrogen-bond donors (Lipinski definition) is 1. The monoisotopic (exact) mass is 291 g/mol. The first-order chi connectivity index (χ1) is 10.1. The Bertz CT molecular complexity index is 520. The Morgan fingerprint density at radius 1 is 1.29 bits per heavy atom. The Labute approximate surface area is 124 Å². The molecule has 2 heterocycles. The molecular formula is C16H22FN3O. The second-order valence-electron chi connectivity index (χ2n) is 5.93. The molecule has 2 aliphatic heterocycles. The molecule has 21 heavy (non-hydrogen) atoms. The summed E-state index contributed by atoms with van der Waals surface area (Å²) in [6, 6.07) is 5.00. The normalized spacial score (nSPS) is 23.5. The molecule has 1 amide bonds. The Balaban J connectivity index is 1.62. The molecule has 0 spiro atoms. The van der Waals surface area contributed by atoms with Gasteiger partial charge in [0, 0.05) is 44.3 Å². The largest absolute Gasteiger partial charge is 0.336 e. The number of halogens is 1. The lowest BCUT2D eigenvalue weighted by atomic mass is 10.1. The highest BCUT2D eigenvalue weighted by Gasteiger charge is 2.28. The average Bonchev–Trinajstić information content (AvgIpc) is 3.01. The zero-order valence-electron chi connectivity index (χ0n) is 12.4. The number of nitrogens with zero attached hydrogens (tertiary/aromatic N) is 2. The van der Waals surface area contributed by atoms with Crippen molar-refractivity contribution in [3.05, 3.63) is 35.1 Å². The first kappa shape index (κ1) is 14.5. The Morgan fingerprint density at radius 3 is 2.67 bits per heavy atom. The molecule has 2 aliphatic rings. The van der Waals surface area contributed by atoms with Gasteiger partial charge in [-0.1, -0.05) is 0 Å². The van der Waals surface area contributed by atoms with Gasteiger partial charge in [0.2, 0.25) is 0 Å². The average molecular weight is 291 g/mol. The van der Waals surface area contributed by atoms with E-state index < -0.39 is 0 Å². The lowest BCUT2D eigenvalue weighted by molar-refractivity contribution is 0.0583. The van der Waals surface area contributed by atoms with Crippen molar-refractivity contribution in [2.75, 3.05) is 39.3 Å². The second kappa shape index (κ2) is 6.12. The maximum Gasteiger partial charge on any atom is 0.254 e. The number of rotatable bonds is 2. The van der Waals surface area contributed by atoms with Gasteiger partial charge in [0.25, 0.3) is 5.91 Å². The summed E-state index contributed by atoms with van der Waals surface area (Å²) in [6.45, 7) is 7.31. The van der Waals surface area contributed by atoms with Crippen LogP contribution in [0.4, 0.5) is 4.39 Å². The fourth-order valence-corrected chi connectivity index (χ4v) is 3.28. The fourth-order valence-electron chi connectivity index (χ4n) is 3.28. The summed E-state index contributed by atoms with van der Waals surface area (Å²) in [5.41, 5.74) is 1.33. The zero-order valence-corrected chi connectivity index (χ0v) is 12.4. The van der Waals surface area contributed by atoms with Crippen LogP contribution in [-0.2, 0) is 0 Å². The van der Waals surface area contributed by atoms with E-state index in [9.17, 15) is 9.18 Å². The number of carbonyl (C=O) groups excluding carboxylic acids is 1. The van der Waals surface area contributed by atoms with E-state index in [1.54, 1.807) is 13.0 Å². The minimum absolute atomic E-state index is 0.0247. The first-order valence-electron chi connectivity index (χ1n) is 7.65. The summed E-state index contributed by atoms with van der Waals surface area (Å²) in [5, 5.41) is 3.38. The van der Waals surface area contributed by atoms with Crippen LogP contribution in [0, 0.1) is 12.7 Å². The summed E-state index contributed by atoms with van der Waals surface area (Å²) < 4.78 is 13.1. The Hall–Kier alpha value is -1.46. The van der Waals surface area contributed by atoms with Crippen molar-refractivity contribution in [2.45, 2.75) is 19.4 Å². The molecule has 0 aromatic heterocycles. The van der Waals surface area contributed by atoms with Gasteiger partial charge in [-0.3, -0.25) is 9.69 Å². The molecule has 0 aliphatic carbocycles. The van der Waals surface area contributed by atoms with E-state index >= 15 is 0 Å². The summed E-state index contributed by atoms with van der Waals surface area (Å²) in [4.78, 5) is 16.9. The van der Waals surface area contributed by atoms with Gasteiger partial charge in [0.15, 0.2) is 0 Å². The third-order valence-electron chi connectivity index (χ3n) is 4.57. The predicted octanol–water partition coefficient (Wildman–Crippen LogP) is 1.25. The van der Waals surface area contributed by atoms with Crippen LogP contribution in [0.25, 0.3) is 0 Å².